The summed E-state index contributed by atoms with van der Waals surface area (Å²) in [5.41, 5.74) is 0.919. The standard InChI is InChI=1S/C15H17ClN4OS/c1-10(14(21)20-8-2-3-9-20)22-15-17-13(18-19-15)11-4-6-12(16)7-5-11/h4-7,10H,2-3,8-9H2,1H3,(H,17,18,19). The highest BCUT2D eigenvalue weighted by Crippen LogP contribution is 2.25. The van der Waals surface area contributed by atoms with Gasteiger partial charge >= 0.3 is 0 Å². The molecule has 1 aromatic heterocycles. The average Bonchev–Trinajstić information content (AvgIpc) is 3.18. The molecule has 0 saturated carbocycles. The lowest BCUT2D eigenvalue weighted by Gasteiger charge is -2.18. The molecule has 22 heavy (non-hydrogen) atoms. The molecule has 0 bridgehead atoms. The number of hydrogen-bond donors (Lipinski definition) is 1. The van der Waals surface area contributed by atoms with Gasteiger partial charge in [0, 0.05) is 23.7 Å². The Morgan fingerprint density at radius 1 is 1.32 bits per heavy atom. The minimum atomic E-state index is -0.174. The molecule has 1 saturated heterocycles. The lowest BCUT2D eigenvalue weighted by molar-refractivity contribution is -0.129. The first kappa shape index (κ1) is 15.4. The number of nitrogens with one attached hydrogen (secondary N) is 1. The van der Waals surface area contributed by atoms with Gasteiger partial charge in [-0.15, -0.1) is 5.10 Å². The highest BCUT2D eigenvalue weighted by molar-refractivity contribution is 8.00. The van der Waals surface area contributed by atoms with E-state index in [1.54, 1.807) is 0 Å². The van der Waals surface area contributed by atoms with Crippen LogP contribution in [0.1, 0.15) is 19.8 Å². The third kappa shape index (κ3) is 3.44. The van der Waals surface area contributed by atoms with Crippen molar-refractivity contribution >= 4 is 29.3 Å². The fourth-order valence-electron chi connectivity index (χ4n) is 2.44. The molecule has 1 fully saturated rings. The van der Waals surface area contributed by atoms with Crippen molar-refractivity contribution in [3.63, 3.8) is 0 Å². The van der Waals surface area contributed by atoms with E-state index in [0.717, 1.165) is 31.5 Å². The van der Waals surface area contributed by atoms with E-state index in [4.69, 9.17) is 11.6 Å². The molecule has 5 nitrogen and oxygen atoms in total. The Labute approximate surface area is 138 Å². The summed E-state index contributed by atoms with van der Waals surface area (Å²) < 4.78 is 0. The Morgan fingerprint density at radius 2 is 2.00 bits per heavy atom. The van der Waals surface area contributed by atoms with Crippen molar-refractivity contribution in [1.82, 2.24) is 20.1 Å². The van der Waals surface area contributed by atoms with Crippen LogP contribution in [0.15, 0.2) is 29.4 Å². The van der Waals surface area contributed by atoms with E-state index in [1.165, 1.54) is 11.8 Å². The zero-order valence-corrected chi connectivity index (χ0v) is 13.8. The van der Waals surface area contributed by atoms with Crippen LogP contribution in [0.5, 0.6) is 0 Å². The SMILES string of the molecule is CC(Sc1n[nH]c(-c2ccc(Cl)cc2)n1)C(=O)N1CCCC1. The maximum Gasteiger partial charge on any atom is 0.235 e. The predicted molar refractivity (Wildman–Crippen MR) is 88.0 cm³/mol. The quantitative estimate of drug-likeness (QED) is 0.871. The number of carbonyl (C=O) groups is 1. The molecule has 0 aliphatic carbocycles. The third-order valence-corrected chi connectivity index (χ3v) is 4.83. The van der Waals surface area contributed by atoms with E-state index in [2.05, 4.69) is 15.2 Å². The largest absolute Gasteiger partial charge is 0.342 e. The molecule has 7 heteroatoms. The summed E-state index contributed by atoms with van der Waals surface area (Å²) in [6, 6.07) is 7.39. The molecular weight excluding hydrogens is 320 g/mol. The molecule has 116 valence electrons. The number of halogens is 1. The number of nitrogens with zero attached hydrogens (tertiary/aromatic N) is 3. The number of aromatic nitrogens is 3. The molecule has 2 aromatic rings. The van der Waals surface area contributed by atoms with E-state index in [9.17, 15) is 4.79 Å². The van der Waals surface area contributed by atoms with Gasteiger partial charge in [-0.25, -0.2) is 4.98 Å². The maximum absolute atomic E-state index is 12.3. The molecule has 0 spiro atoms. The first-order chi connectivity index (χ1) is 10.6. The summed E-state index contributed by atoms with van der Waals surface area (Å²) in [5, 5.41) is 8.19. The molecule has 2 heterocycles. The van der Waals surface area contributed by atoms with Crippen molar-refractivity contribution in [3.8, 4) is 11.4 Å². The first-order valence-corrected chi connectivity index (χ1v) is 8.53. The fourth-order valence-corrected chi connectivity index (χ4v) is 3.37. The van der Waals surface area contributed by atoms with Crippen LogP contribution in [-0.2, 0) is 4.79 Å². The number of benzene rings is 1. The van der Waals surface area contributed by atoms with Crippen molar-refractivity contribution in [2.45, 2.75) is 30.2 Å². The Kier molecular flexibility index (Phi) is 4.69. The van der Waals surface area contributed by atoms with Crippen LogP contribution in [0, 0.1) is 0 Å². The van der Waals surface area contributed by atoms with Gasteiger partial charge in [0.1, 0.15) is 0 Å². The summed E-state index contributed by atoms with van der Waals surface area (Å²) in [6.07, 6.45) is 2.20. The highest BCUT2D eigenvalue weighted by atomic mass is 35.5. The Hall–Kier alpha value is -1.53. The molecule has 1 N–H and O–H groups in total. The van der Waals surface area contributed by atoms with E-state index in [1.807, 2.05) is 36.1 Å². The van der Waals surface area contributed by atoms with Gasteiger partial charge < -0.3 is 4.90 Å². The van der Waals surface area contributed by atoms with Crippen LogP contribution < -0.4 is 0 Å². The minimum Gasteiger partial charge on any atom is -0.342 e. The number of H-pyrrole nitrogens is 1. The van der Waals surface area contributed by atoms with Gasteiger partial charge in [0.25, 0.3) is 0 Å². The fraction of sp³-hybridized carbons (Fsp3) is 0.400. The monoisotopic (exact) mass is 336 g/mol. The van der Waals surface area contributed by atoms with Crippen molar-refractivity contribution in [2.75, 3.05) is 13.1 Å². The normalized spacial score (nSPS) is 16.0. The van der Waals surface area contributed by atoms with E-state index in [-0.39, 0.29) is 11.2 Å². The smallest absolute Gasteiger partial charge is 0.235 e. The lowest BCUT2D eigenvalue weighted by Crippen LogP contribution is -2.34. The van der Waals surface area contributed by atoms with Gasteiger partial charge in [-0.2, -0.15) is 0 Å². The van der Waals surface area contributed by atoms with E-state index < -0.39 is 0 Å². The van der Waals surface area contributed by atoms with Gasteiger partial charge in [-0.05, 0) is 44.0 Å². The third-order valence-electron chi connectivity index (χ3n) is 3.63. The van der Waals surface area contributed by atoms with Crippen molar-refractivity contribution < 1.29 is 4.79 Å². The predicted octanol–water partition coefficient (Wildman–Crippen LogP) is 3.23. The van der Waals surface area contributed by atoms with Gasteiger partial charge in [0.15, 0.2) is 5.82 Å². The number of hydrogen-bond acceptors (Lipinski definition) is 4. The number of carbonyl (C=O) groups excluding carboxylic acids is 1. The summed E-state index contributed by atoms with van der Waals surface area (Å²) >= 11 is 7.26. The second-order valence-corrected chi connectivity index (χ2v) is 7.01. The van der Waals surface area contributed by atoms with E-state index >= 15 is 0 Å². The molecular formula is C15H17ClN4OS. The molecule has 1 aliphatic rings. The Morgan fingerprint density at radius 3 is 2.68 bits per heavy atom. The maximum atomic E-state index is 12.3. The second kappa shape index (κ2) is 6.71. The zero-order chi connectivity index (χ0) is 15.5. The van der Waals surface area contributed by atoms with Crippen molar-refractivity contribution in [2.24, 2.45) is 0 Å². The Balaban J connectivity index is 1.66. The molecule has 1 aromatic carbocycles. The summed E-state index contributed by atoms with van der Waals surface area (Å²) in [6.45, 7) is 3.64. The molecule has 1 aliphatic heterocycles. The second-order valence-electron chi connectivity index (χ2n) is 5.27. The van der Waals surface area contributed by atoms with Crippen LogP contribution >= 0.6 is 23.4 Å². The number of rotatable bonds is 4. The van der Waals surface area contributed by atoms with Gasteiger partial charge in [-0.3, -0.25) is 9.89 Å². The molecule has 1 atom stereocenters. The van der Waals surface area contributed by atoms with E-state index in [0.29, 0.717) is 16.0 Å². The first-order valence-electron chi connectivity index (χ1n) is 7.27. The van der Waals surface area contributed by atoms with Crippen LogP contribution in [0.25, 0.3) is 11.4 Å². The van der Waals surface area contributed by atoms with Crippen LogP contribution in [0.3, 0.4) is 0 Å². The van der Waals surface area contributed by atoms with Crippen LogP contribution in [0.2, 0.25) is 5.02 Å². The number of amides is 1. The Bertz CT molecular complexity index is 652. The molecule has 1 unspecified atom stereocenters. The average molecular weight is 337 g/mol. The zero-order valence-electron chi connectivity index (χ0n) is 12.3. The van der Waals surface area contributed by atoms with Gasteiger partial charge in [0.05, 0.1) is 5.25 Å². The number of likely N-dealkylation sites (tertiary alicyclic amines) is 1. The summed E-state index contributed by atoms with van der Waals surface area (Å²) in [4.78, 5) is 18.7. The summed E-state index contributed by atoms with van der Waals surface area (Å²) in [5.74, 6) is 0.848. The highest BCUT2D eigenvalue weighted by Gasteiger charge is 2.25. The van der Waals surface area contributed by atoms with Crippen LogP contribution in [-0.4, -0.2) is 44.3 Å². The molecule has 3 rings (SSSR count). The molecule has 1 amide bonds. The molecule has 0 radical (unpaired) electrons. The van der Waals surface area contributed by atoms with Crippen molar-refractivity contribution in [1.29, 1.82) is 0 Å². The lowest BCUT2D eigenvalue weighted by atomic mass is 10.2. The topological polar surface area (TPSA) is 61.9 Å². The van der Waals surface area contributed by atoms with Gasteiger partial charge in [0.2, 0.25) is 11.1 Å². The van der Waals surface area contributed by atoms with Crippen LogP contribution in [0.4, 0.5) is 0 Å². The van der Waals surface area contributed by atoms with Crippen molar-refractivity contribution in [3.05, 3.63) is 29.3 Å². The minimum absolute atomic E-state index is 0.167. The number of thioether (sulfide) groups is 1. The van der Waals surface area contributed by atoms with Gasteiger partial charge in [-0.1, -0.05) is 23.4 Å². The number of aromatic amines is 1. The summed E-state index contributed by atoms with van der Waals surface area (Å²) in [7, 11) is 0.